The molecule has 0 radical (unpaired) electrons. The van der Waals surface area contributed by atoms with Crippen LogP contribution in [-0.4, -0.2) is 30.4 Å². The van der Waals surface area contributed by atoms with E-state index in [1.165, 1.54) is 54.5 Å². The van der Waals surface area contributed by atoms with Crippen LogP contribution in [0.5, 0.6) is 11.5 Å². The highest BCUT2D eigenvalue weighted by Gasteiger charge is 2.14. The van der Waals surface area contributed by atoms with Crippen molar-refractivity contribution in [1.82, 2.24) is 4.98 Å². The van der Waals surface area contributed by atoms with Crippen LogP contribution >= 0.6 is 23.1 Å². The topological polar surface area (TPSA) is 84.2 Å². The van der Waals surface area contributed by atoms with Crippen molar-refractivity contribution < 1.29 is 23.0 Å². The zero-order chi connectivity index (χ0) is 19.8. The van der Waals surface area contributed by atoms with Gasteiger partial charge in [-0.1, -0.05) is 35.2 Å². The maximum Gasteiger partial charge on any atom is 0.387 e. The lowest BCUT2D eigenvalue weighted by molar-refractivity contribution is -0.111. The lowest BCUT2D eigenvalue weighted by Crippen LogP contribution is -2.08. The summed E-state index contributed by atoms with van der Waals surface area (Å²) in [6.07, 6.45) is 2.54. The Morgan fingerprint density at radius 3 is 2.96 bits per heavy atom. The molecule has 0 aliphatic rings. The van der Waals surface area contributed by atoms with Gasteiger partial charge in [-0.3, -0.25) is 10.1 Å². The second kappa shape index (κ2) is 9.89. The number of nitrogens with one attached hydrogen (secondary N) is 1. The van der Waals surface area contributed by atoms with E-state index in [0.717, 1.165) is 9.90 Å². The zero-order valence-electron chi connectivity index (χ0n) is 14.4. The molecular weight excluding hydrogens is 396 g/mol. The Bertz CT molecular complexity index is 879. The molecule has 0 fully saturated rings. The second-order valence-electron chi connectivity index (χ2n) is 4.92. The second-order valence-corrected chi connectivity index (χ2v) is 7.16. The van der Waals surface area contributed by atoms with Crippen molar-refractivity contribution in [2.24, 2.45) is 0 Å². The largest absolute Gasteiger partial charge is 0.493 e. The van der Waals surface area contributed by atoms with E-state index in [1.807, 2.05) is 6.07 Å². The van der Waals surface area contributed by atoms with Crippen molar-refractivity contribution >= 4 is 40.2 Å². The molecule has 6 nitrogen and oxygen atoms in total. The molecule has 10 heteroatoms. The van der Waals surface area contributed by atoms with Gasteiger partial charge in [-0.05, 0) is 19.1 Å². The molecule has 0 atom stereocenters. The summed E-state index contributed by atoms with van der Waals surface area (Å²) in [5.74, 6) is -0.211. The minimum absolute atomic E-state index is 0.132. The van der Waals surface area contributed by atoms with Crippen molar-refractivity contribution in [2.75, 3.05) is 18.2 Å². The zero-order valence-corrected chi connectivity index (χ0v) is 16.0. The summed E-state index contributed by atoms with van der Waals surface area (Å²) in [5.41, 5.74) is 0.991. The molecule has 0 saturated heterocycles. The quantitative estimate of drug-likeness (QED) is 0.514. The molecule has 27 heavy (non-hydrogen) atoms. The van der Waals surface area contributed by atoms with E-state index in [1.54, 1.807) is 13.0 Å². The molecule has 1 aromatic carbocycles. The predicted octanol–water partition coefficient (Wildman–Crippen LogP) is 4.33. The number of rotatable bonds is 8. The van der Waals surface area contributed by atoms with Crippen LogP contribution in [0.4, 0.5) is 13.9 Å². The number of para-hydroxylation sites is 1. The monoisotopic (exact) mass is 411 g/mol. The number of alkyl halides is 2. The Labute approximate surface area is 162 Å². The maximum atomic E-state index is 12.6. The van der Waals surface area contributed by atoms with Gasteiger partial charge in [0.15, 0.2) is 16.6 Å². The van der Waals surface area contributed by atoms with Crippen LogP contribution in [0.2, 0.25) is 0 Å². The molecule has 0 aliphatic heterocycles. The number of hydrogen-bond donors (Lipinski definition) is 1. The minimum Gasteiger partial charge on any atom is -0.493 e. The van der Waals surface area contributed by atoms with Gasteiger partial charge in [0.1, 0.15) is 0 Å². The van der Waals surface area contributed by atoms with E-state index < -0.39 is 12.5 Å². The van der Waals surface area contributed by atoms with Gasteiger partial charge in [0, 0.05) is 11.6 Å². The highest BCUT2D eigenvalue weighted by molar-refractivity contribution is 8.01. The lowest BCUT2D eigenvalue weighted by atomic mass is 10.1. The number of methoxy groups -OCH3 is 1. The van der Waals surface area contributed by atoms with Crippen LogP contribution in [0.1, 0.15) is 11.3 Å². The Kier molecular flexibility index (Phi) is 7.57. The number of ether oxygens (including phenoxy) is 2. The molecule has 1 N–H and O–H groups in total. The number of aromatic nitrogens is 1. The first-order chi connectivity index (χ1) is 12.9. The number of carbonyl (C=O) groups excluding carboxylic acids is 1. The number of benzene rings is 1. The number of nitrogens with zero attached hydrogens (tertiary/aromatic N) is 2. The first-order valence-electron chi connectivity index (χ1n) is 7.52. The van der Waals surface area contributed by atoms with Crippen molar-refractivity contribution in [1.29, 1.82) is 5.26 Å². The Morgan fingerprint density at radius 1 is 1.52 bits per heavy atom. The van der Waals surface area contributed by atoms with Gasteiger partial charge in [-0.15, -0.1) is 0 Å². The molecule has 0 spiro atoms. The minimum atomic E-state index is -3.02. The standard InChI is InChI=1S/C17H15F2N3O3S2/c1-10-15(26-9-8-20)27-17(21-10)22-13(23)7-6-11-4-3-5-12(24-2)14(11)25-16(18)19/h3-7,16H,9H2,1-2H3,(H,21,22,23)/b7-6+. The van der Waals surface area contributed by atoms with Crippen LogP contribution in [0.25, 0.3) is 6.08 Å². The number of thioether (sulfide) groups is 1. The molecule has 1 aromatic heterocycles. The van der Waals surface area contributed by atoms with Crippen LogP contribution < -0.4 is 14.8 Å². The van der Waals surface area contributed by atoms with E-state index in [2.05, 4.69) is 15.0 Å². The average molecular weight is 411 g/mol. The number of anilines is 1. The fourth-order valence-corrected chi connectivity index (χ4v) is 3.82. The molecular formula is C17H15F2N3O3S2. The van der Waals surface area contributed by atoms with Gasteiger partial charge in [0.2, 0.25) is 5.91 Å². The van der Waals surface area contributed by atoms with Crippen molar-refractivity contribution in [3.63, 3.8) is 0 Å². The highest BCUT2D eigenvalue weighted by atomic mass is 32.2. The number of nitriles is 1. The molecule has 0 unspecified atom stereocenters. The van der Waals surface area contributed by atoms with Crippen LogP contribution in [0.3, 0.4) is 0 Å². The Morgan fingerprint density at radius 2 is 2.30 bits per heavy atom. The average Bonchev–Trinajstić information content (AvgIpc) is 2.97. The smallest absolute Gasteiger partial charge is 0.387 e. The molecule has 1 heterocycles. The number of carbonyl (C=O) groups is 1. The predicted molar refractivity (Wildman–Crippen MR) is 100 cm³/mol. The highest BCUT2D eigenvalue weighted by Crippen LogP contribution is 2.34. The summed E-state index contributed by atoms with van der Waals surface area (Å²) in [4.78, 5) is 16.3. The van der Waals surface area contributed by atoms with E-state index >= 15 is 0 Å². The summed E-state index contributed by atoms with van der Waals surface area (Å²) < 4.78 is 35.6. The summed E-state index contributed by atoms with van der Waals surface area (Å²) in [5, 5.41) is 11.6. The van der Waals surface area contributed by atoms with E-state index in [0.29, 0.717) is 10.9 Å². The van der Waals surface area contributed by atoms with Crippen molar-refractivity contribution in [2.45, 2.75) is 17.7 Å². The lowest BCUT2D eigenvalue weighted by Gasteiger charge is -2.12. The molecule has 142 valence electrons. The molecule has 0 aliphatic carbocycles. The van der Waals surface area contributed by atoms with E-state index in [-0.39, 0.29) is 17.1 Å². The SMILES string of the molecule is COc1cccc(/C=C/C(=O)Nc2nc(C)c(SCC#N)s2)c1OC(F)F. The van der Waals surface area contributed by atoms with Crippen molar-refractivity contribution in [3.05, 3.63) is 35.5 Å². The summed E-state index contributed by atoms with van der Waals surface area (Å²) in [7, 11) is 1.33. The van der Waals surface area contributed by atoms with Crippen LogP contribution in [0.15, 0.2) is 28.5 Å². The first kappa shape index (κ1) is 20.7. The number of aryl methyl sites for hydroxylation is 1. The van der Waals surface area contributed by atoms with Gasteiger partial charge >= 0.3 is 6.61 Å². The molecule has 2 aromatic rings. The van der Waals surface area contributed by atoms with Crippen LogP contribution in [0, 0.1) is 18.3 Å². The van der Waals surface area contributed by atoms with Crippen molar-refractivity contribution in [3.8, 4) is 17.6 Å². The number of hydrogen-bond acceptors (Lipinski definition) is 7. The first-order valence-corrected chi connectivity index (χ1v) is 9.32. The third-order valence-corrected chi connectivity index (χ3v) is 5.40. The fraction of sp³-hybridized carbons (Fsp3) is 0.235. The molecule has 0 bridgehead atoms. The van der Waals surface area contributed by atoms with Gasteiger partial charge in [-0.2, -0.15) is 14.0 Å². The van der Waals surface area contributed by atoms with Gasteiger partial charge in [-0.25, -0.2) is 4.98 Å². The van der Waals surface area contributed by atoms with Gasteiger partial charge < -0.3 is 9.47 Å². The van der Waals surface area contributed by atoms with E-state index in [4.69, 9.17) is 10.00 Å². The molecule has 1 amide bonds. The third-order valence-electron chi connectivity index (χ3n) is 3.10. The molecule has 0 saturated carbocycles. The fourth-order valence-electron chi connectivity index (χ4n) is 2.02. The summed E-state index contributed by atoms with van der Waals surface area (Å²) >= 11 is 2.60. The Hall–Kier alpha value is -2.64. The normalized spacial score (nSPS) is 10.8. The number of thiazole rings is 1. The summed E-state index contributed by atoms with van der Waals surface area (Å²) in [6.45, 7) is -1.24. The number of amides is 1. The van der Waals surface area contributed by atoms with E-state index in [9.17, 15) is 13.6 Å². The van der Waals surface area contributed by atoms with Crippen LogP contribution in [-0.2, 0) is 4.79 Å². The Balaban J connectivity index is 2.12. The van der Waals surface area contributed by atoms with Gasteiger partial charge in [0.25, 0.3) is 0 Å². The van der Waals surface area contributed by atoms with Gasteiger partial charge in [0.05, 0.1) is 28.8 Å². The number of halogens is 2. The molecule has 2 rings (SSSR count). The maximum absolute atomic E-state index is 12.6. The summed E-state index contributed by atoms with van der Waals surface area (Å²) in [6, 6.07) is 6.62. The third kappa shape index (κ3) is 5.94.